The van der Waals surface area contributed by atoms with Gasteiger partial charge in [0, 0.05) is 35.0 Å². The Morgan fingerprint density at radius 2 is 0.760 bits per heavy atom. The van der Waals surface area contributed by atoms with Crippen molar-refractivity contribution in [3.05, 3.63) is 17.7 Å². The molecule has 0 atom stereocenters. The van der Waals surface area contributed by atoms with Gasteiger partial charge in [-0.3, -0.25) is 0 Å². The molecule has 1 aromatic carbocycles. The molecule has 0 saturated heterocycles. The number of nitrogens with one attached hydrogen (secondary N) is 1. The van der Waals surface area contributed by atoms with Crippen molar-refractivity contribution in [1.82, 2.24) is 5.32 Å². The van der Waals surface area contributed by atoms with Crippen LogP contribution in [-0.4, -0.2) is 263 Å². The predicted octanol–water partition coefficient (Wildman–Crippen LogP) is 3.44. The fourth-order valence-electron chi connectivity index (χ4n) is 5.76. The molecule has 0 aromatic heterocycles. The van der Waals surface area contributed by atoms with Crippen LogP contribution in [0.5, 0.6) is 17.2 Å². The first-order valence-corrected chi connectivity index (χ1v) is 25.7. The predicted molar refractivity (Wildman–Crippen MR) is 273 cm³/mol. The maximum absolute atomic E-state index is 13.5. The number of carbonyl (C=O) groups is 2. The number of methoxy groups -OCH3 is 4. The van der Waals surface area contributed by atoms with Crippen molar-refractivity contribution in [2.24, 2.45) is 0 Å². The van der Waals surface area contributed by atoms with Crippen molar-refractivity contribution in [2.75, 3.05) is 233 Å². The number of benzene rings is 1. The molecule has 24 nitrogen and oxygen atoms in total. The largest absolute Gasteiger partial charge is 0.486 e. The average Bonchev–Trinajstić information content (AvgIpc) is 3.38. The van der Waals surface area contributed by atoms with E-state index < -0.39 is 29.9 Å². The van der Waals surface area contributed by atoms with Crippen LogP contribution in [0.4, 0.5) is 4.79 Å². The minimum Gasteiger partial charge on any atom is -0.486 e. The van der Waals surface area contributed by atoms with Gasteiger partial charge in [0.15, 0.2) is 11.5 Å². The summed E-state index contributed by atoms with van der Waals surface area (Å²) in [4.78, 5) is 26.0. The second-order valence-corrected chi connectivity index (χ2v) is 16.8. The normalized spacial score (nSPS) is 11.7. The number of hydrogen-bond donors (Lipinski definition) is 1. The Kier molecular flexibility index (Phi) is 46.7. The van der Waals surface area contributed by atoms with Gasteiger partial charge in [0.25, 0.3) is 0 Å². The van der Waals surface area contributed by atoms with Crippen molar-refractivity contribution in [3.63, 3.8) is 0 Å². The number of alkyl carbamates (subject to hydrolysis) is 1. The Bertz CT molecular complexity index is 1340. The van der Waals surface area contributed by atoms with Crippen LogP contribution in [0.2, 0.25) is 0 Å². The van der Waals surface area contributed by atoms with Crippen LogP contribution in [0.3, 0.4) is 0 Å². The van der Waals surface area contributed by atoms with Crippen molar-refractivity contribution in [3.8, 4) is 17.2 Å². The summed E-state index contributed by atoms with van der Waals surface area (Å²) >= 11 is 0. The number of amides is 1. The Morgan fingerprint density at radius 1 is 0.453 bits per heavy atom. The highest BCUT2D eigenvalue weighted by molar-refractivity contribution is 5.91. The van der Waals surface area contributed by atoms with E-state index in [-0.39, 0.29) is 95.4 Å². The smallest absolute Gasteiger partial charge is 0.407 e. The van der Waals surface area contributed by atoms with E-state index in [1.807, 2.05) is 0 Å². The highest BCUT2D eigenvalue weighted by atomic mass is 16.6. The molecule has 1 N–H and O–H groups in total. The molecule has 0 spiro atoms. The van der Waals surface area contributed by atoms with E-state index >= 15 is 0 Å². The lowest BCUT2D eigenvalue weighted by Gasteiger charge is -2.25. The van der Waals surface area contributed by atoms with Gasteiger partial charge in [-0.2, -0.15) is 0 Å². The van der Waals surface area contributed by atoms with Crippen molar-refractivity contribution in [1.29, 1.82) is 0 Å². The summed E-state index contributed by atoms with van der Waals surface area (Å²) in [5.74, 6) is -0.224. The van der Waals surface area contributed by atoms with E-state index in [2.05, 4.69) is 5.32 Å². The van der Waals surface area contributed by atoms with Crippen molar-refractivity contribution in [2.45, 2.75) is 51.9 Å². The summed E-state index contributed by atoms with van der Waals surface area (Å²) in [6.45, 7) is 16.7. The molecular weight excluding hydrogens is 995 g/mol. The third-order valence-corrected chi connectivity index (χ3v) is 9.27. The molecule has 0 aliphatic heterocycles. The minimum absolute atomic E-state index is 0.0496. The maximum atomic E-state index is 13.5. The first-order valence-electron chi connectivity index (χ1n) is 25.7. The van der Waals surface area contributed by atoms with Gasteiger partial charge in [0.1, 0.15) is 17.8 Å². The lowest BCUT2D eigenvalue weighted by molar-refractivity contribution is -0.0434. The molecule has 440 valence electrons. The Hall–Kier alpha value is -3.28. The number of ether oxygens (including phenoxy) is 21. The lowest BCUT2D eigenvalue weighted by atomic mass is 10.1. The summed E-state index contributed by atoms with van der Waals surface area (Å²) in [6.07, 6.45) is -1.71. The van der Waals surface area contributed by atoms with Crippen LogP contribution in [-0.2, 0) is 85.3 Å². The Labute approximate surface area is 445 Å². The highest BCUT2D eigenvalue weighted by Crippen LogP contribution is 2.41. The van der Waals surface area contributed by atoms with E-state index in [1.54, 1.807) is 56.1 Å². The first-order chi connectivity index (χ1) is 36.6. The van der Waals surface area contributed by atoms with Gasteiger partial charge in [-0.15, -0.1) is 0 Å². The summed E-state index contributed by atoms with van der Waals surface area (Å²) in [6, 6.07) is 3.03. The van der Waals surface area contributed by atoms with Crippen LogP contribution in [0.25, 0.3) is 0 Å². The molecule has 0 aliphatic carbocycles. The monoisotopic (exact) mass is 1090 g/mol. The number of carbonyl (C=O) groups excluding carboxylic acids is 2. The number of esters is 1. The molecule has 0 fully saturated rings. The molecule has 0 bridgehead atoms. The maximum Gasteiger partial charge on any atom is 0.407 e. The molecule has 1 rings (SSSR count). The summed E-state index contributed by atoms with van der Waals surface area (Å²) in [7, 11) is 6.44. The van der Waals surface area contributed by atoms with Crippen LogP contribution in [0.1, 0.15) is 44.5 Å². The highest BCUT2D eigenvalue weighted by Gasteiger charge is 2.26. The lowest BCUT2D eigenvalue weighted by Crippen LogP contribution is -2.33. The van der Waals surface area contributed by atoms with Gasteiger partial charge in [-0.05, 0) is 46.2 Å². The summed E-state index contributed by atoms with van der Waals surface area (Å²) in [5.41, 5.74) is -0.560. The van der Waals surface area contributed by atoms with Crippen LogP contribution in [0, 0.1) is 0 Å². The van der Waals surface area contributed by atoms with E-state index in [4.69, 9.17) is 99.5 Å². The number of hydrogen-bond acceptors (Lipinski definition) is 23. The minimum atomic E-state index is -0.751. The molecule has 0 aliphatic rings. The molecular formula is C51H93NO23. The fraction of sp³-hybridized carbons (Fsp3) is 0.843. The average molecular weight is 1090 g/mol. The molecule has 24 heteroatoms. The molecule has 0 radical (unpaired) electrons. The zero-order chi connectivity index (χ0) is 54.7. The molecule has 75 heavy (non-hydrogen) atoms. The van der Waals surface area contributed by atoms with Gasteiger partial charge in [0.2, 0.25) is 5.75 Å². The van der Waals surface area contributed by atoms with E-state index in [1.165, 1.54) is 12.1 Å². The van der Waals surface area contributed by atoms with Gasteiger partial charge < -0.3 is 105 Å². The summed E-state index contributed by atoms with van der Waals surface area (Å²) < 4.78 is 119. The topological polar surface area (TPSA) is 240 Å². The Balaban J connectivity index is 3.48. The van der Waals surface area contributed by atoms with Gasteiger partial charge in [-0.25, -0.2) is 9.59 Å². The van der Waals surface area contributed by atoms with E-state index in [9.17, 15) is 9.59 Å². The van der Waals surface area contributed by atoms with Crippen LogP contribution >= 0.6 is 0 Å². The molecule has 1 aromatic rings. The fourth-order valence-corrected chi connectivity index (χ4v) is 5.76. The van der Waals surface area contributed by atoms with E-state index in [0.29, 0.717) is 139 Å². The Morgan fingerprint density at radius 3 is 1.05 bits per heavy atom. The third-order valence-electron chi connectivity index (χ3n) is 9.27. The zero-order valence-electron chi connectivity index (χ0n) is 46.3. The van der Waals surface area contributed by atoms with Crippen LogP contribution in [0.15, 0.2) is 12.1 Å². The molecule has 1 amide bonds. The van der Waals surface area contributed by atoms with Gasteiger partial charge in [0.05, 0.1) is 204 Å². The van der Waals surface area contributed by atoms with Crippen molar-refractivity contribution < 1.29 is 109 Å². The van der Waals surface area contributed by atoms with Crippen LogP contribution < -0.4 is 19.5 Å². The number of rotatable bonds is 55. The van der Waals surface area contributed by atoms with Crippen molar-refractivity contribution >= 4 is 12.1 Å². The first kappa shape index (κ1) is 69.7. The standard InChI is InChI=1S/C51H93NO23/c1-9-71-49(53)43-37-46(73-44(39-67-33-29-63-25-21-59-17-13-55-5)40-68-34-30-64-26-22-60-18-14-56-6)48(72-12-10-11-52-50(54)75-51(2,3)4)47(38-43)74-45(41-69-35-31-65-27-23-61-19-15-57-7)42-70-36-32-66-28-24-62-20-16-58-8/h37-38,44-45H,9-36,39-42H2,1-8H3,(H,52,54). The molecule has 0 unspecified atom stereocenters. The second kappa shape index (κ2) is 50.2. The second-order valence-electron chi connectivity index (χ2n) is 16.8. The van der Waals surface area contributed by atoms with Gasteiger partial charge >= 0.3 is 12.1 Å². The quantitative estimate of drug-likeness (QED) is 0.0726. The third kappa shape index (κ3) is 42.4. The SMILES string of the molecule is CCOC(=O)c1cc(OC(COCCOCCOCCOC)COCCOCCOCCOC)c(OCCCNC(=O)OC(C)(C)C)c(OC(COCCOCCOCCOC)COCCOCCOCCOC)c1. The zero-order valence-corrected chi connectivity index (χ0v) is 46.3. The van der Waals surface area contributed by atoms with E-state index in [0.717, 1.165) is 0 Å². The summed E-state index contributed by atoms with van der Waals surface area (Å²) in [5, 5.41) is 2.75. The molecule has 0 heterocycles. The van der Waals surface area contributed by atoms with Gasteiger partial charge in [-0.1, -0.05) is 0 Å². The molecule has 0 saturated carbocycles.